The Balaban J connectivity index is 2.04. The van der Waals surface area contributed by atoms with E-state index < -0.39 is 0 Å². The van der Waals surface area contributed by atoms with Gasteiger partial charge >= 0.3 is 0 Å². The van der Waals surface area contributed by atoms with Gasteiger partial charge in [-0.15, -0.1) is 0 Å². The first-order valence-corrected chi connectivity index (χ1v) is 5.79. The molecule has 4 heteroatoms. The van der Waals surface area contributed by atoms with Gasteiger partial charge in [0, 0.05) is 13.5 Å². The smallest absolute Gasteiger partial charge is 0.119 e. The summed E-state index contributed by atoms with van der Waals surface area (Å²) in [6.45, 7) is 1.18. The normalized spacial score (nSPS) is 22.5. The number of methoxy groups -OCH3 is 2. The van der Waals surface area contributed by atoms with Crippen molar-refractivity contribution in [2.75, 3.05) is 27.4 Å². The van der Waals surface area contributed by atoms with E-state index in [0.717, 1.165) is 17.7 Å². The highest BCUT2D eigenvalue weighted by Crippen LogP contribution is 2.33. The molecule has 0 aliphatic heterocycles. The molecule has 2 N–H and O–H groups in total. The Hall–Kier alpha value is -1.10. The highest BCUT2D eigenvalue weighted by Gasteiger charge is 2.30. The minimum atomic E-state index is -0.0723. The molecule has 1 aliphatic carbocycles. The first kappa shape index (κ1) is 12.4. The zero-order valence-electron chi connectivity index (χ0n) is 10.3. The molecule has 0 saturated heterocycles. The number of hydrogen-bond acceptors (Lipinski definition) is 4. The Morgan fingerprint density at radius 2 is 2.12 bits per heavy atom. The number of nitrogens with two attached hydrogens (primary N) is 1. The van der Waals surface area contributed by atoms with E-state index in [0.29, 0.717) is 13.2 Å². The number of hydrogen-bond donors (Lipinski definition) is 1. The number of rotatable bonds is 5. The molecule has 17 heavy (non-hydrogen) atoms. The molecule has 2 unspecified atom stereocenters. The van der Waals surface area contributed by atoms with Gasteiger partial charge in [0.1, 0.15) is 5.75 Å². The zero-order valence-corrected chi connectivity index (χ0v) is 10.3. The molecule has 2 atom stereocenters. The summed E-state index contributed by atoms with van der Waals surface area (Å²) in [5.41, 5.74) is 8.56. The molecule has 0 amide bonds. The summed E-state index contributed by atoms with van der Waals surface area (Å²) in [6, 6.07) is 5.95. The molecule has 1 aliphatic rings. The van der Waals surface area contributed by atoms with Crippen molar-refractivity contribution in [1.82, 2.24) is 0 Å². The second kappa shape index (κ2) is 5.49. The first-order chi connectivity index (χ1) is 8.26. The van der Waals surface area contributed by atoms with Gasteiger partial charge in [0.2, 0.25) is 0 Å². The van der Waals surface area contributed by atoms with Crippen LogP contribution in [0.4, 0.5) is 0 Å². The fourth-order valence-electron chi connectivity index (χ4n) is 2.19. The van der Waals surface area contributed by atoms with Gasteiger partial charge in [-0.1, -0.05) is 6.07 Å². The average molecular weight is 237 g/mol. The molecule has 94 valence electrons. The Morgan fingerprint density at radius 1 is 1.29 bits per heavy atom. The number of fused-ring (bicyclic) bond motifs is 1. The van der Waals surface area contributed by atoms with E-state index in [-0.39, 0.29) is 12.1 Å². The molecular weight excluding hydrogens is 218 g/mol. The minimum Gasteiger partial charge on any atom is -0.497 e. The van der Waals surface area contributed by atoms with Crippen molar-refractivity contribution in [3.8, 4) is 5.75 Å². The summed E-state index contributed by atoms with van der Waals surface area (Å²) >= 11 is 0. The van der Waals surface area contributed by atoms with Crippen LogP contribution >= 0.6 is 0 Å². The summed E-state index contributed by atoms with van der Waals surface area (Å²) in [5.74, 6) is 0.844. The van der Waals surface area contributed by atoms with Crippen molar-refractivity contribution in [2.45, 2.75) is 18.6 Å². The summed E-state index contributed by atoms with van der Waals surface area (Å²) in [5, 5.41) is 0. The SMILES string of the molecule is COCCOC1Cc2ccc(OC)cc2C1N. The van der Waals surface area contributed by atoms with Crippen molar-refractivity contribution in [3.05, 3.63) is 29.3 Å². The molecule has 0 radical (unpaired) electrons. The van der Waals surface area contributed by atoms with Gasteiger partial charge in [0.15, 0.2) is 0 Å². The molecule has 4 nitrogen and oxygen atoms in total. The van der Waals surface area contributed by atoms with Crippen molar-refractivity contribution in [2.24, 2.45) is 5.73 Å². The van der Waals surface area contributed by atoms with E-state index in [1.165, 1.54) is 5.56 Å². The largest absolute Gasteiger partial charge is 0.497 e. The monoisotopic (exact) mass is 237 g/mol. The highest BCUT2D eigenvalue weighted by molar-refractivity contribution is 5.42. The average Bonchev–Trinajstić information content (AvgIpc) is 2.66. The second-order valence-corrected chi connectivity index (χ2v) is 4.20. The van der Waals surface area contributed by atoms with Gasteiger partial charge in [0.25, 0.3) is 0 Å². The van der Waals surface area contributed by atoms with Crippen LogP contribution in [0.2, 0.25) is 0 Å². The van der Waals surface area contributed by atoms with Crippen LogP contribution in [0.25, 0.3) is 0 Å². The van der Waals surface area contributed by atoms with E-state index in [1.54, 1.807) is 14.2 Å². The predicted octanol–water partition coefficient (Wildman–Crippen LogP) is 1.28. The topological polar surface area (TPSA) is 53.7 Å². The molecule has 0 fully saturated rings. The highest BCUT2D eigenvalue weighted by atomic mass is 16.5. The third kappa shape index (κ3) is 2.60. The van der Waals surface area contributed by atoms with E-state index in [4.69, 9.17) is 19.9 Å². The Bertz CT molecular complexity index is 381. The van der Waals surface area contributed by atoms with Gasteiger partial charge in [-0.05, 0) is 23.3 Å². The lowest BCUT2D eigenvalue weighted by Crippen LogP contribution is -2.26. The second-order valence-electron chi connectivity index (χ2n) is 4.20. The van der Waals surface area contributed by atoms with Gasteiger partial charge in [0.05, 0.1) is 32.5 Å². The third-order valence-electron chi connectivity index (χ3n) is 3.15. The van der Waals surface area contributed by atoms with Crippen LogP contribution in [0.5, 0.6) is 5.75 Å². The van der Waals surface area contributed by atoms with Gasteiger partial charge < -0.3 is 19.9 Å². The maximum Gasteiger partial charge on any atom is 0.119 e. The molecule has 0 aromatic heterocycles. The van der Waals surface area contributed by atoms with Crippen LogP contribution in [0.3, 0.4) is 0 Å². The Kier molecular flexibility index (Phi) is 3.99. The van der Waals surface area contributed by atoms with Gasteiger partial charge in [-0.3, -0.25) is 0 Å². The molecule has 1 aromatic carbocycles. The molecule has 0 heterocycles. The number of benzene rings is 1. The lowest BCUT2D eigenvalue weighted by atomic mass is 10.1. The maximum absolute atomic E-state index is 6.18. The molecule has 0 spiro atoms. The van der Waals surface area contributed by atoms with Crippen LogP contribution in [0.15, 0.2) is 18.2 Å². The van der Waals surface area contributed by atoms with Gasteiger partial charge in [-0.25, -0.2) is 0 Å². The standard InChI is InChI=1S/C13H19NO3/c1-15-5-6-17-12-7-9-3-4-10(16-2)8-11(9)13(12)14/h3-4,8,12-13H,5-7,14H2,1-2H3. The lowest BCUT2D eigenvalue weighted by Gasteiger charge is -2.16. The molecule has 1 aromatic rings. The van der Waals surface area contributed by atoms with E-state index in [9.17, 15) is 0 Å². The summed E-state index contributed by atoms with van der Waals surface area (Å²) < 4.78 is 15.9. The van der Waals surface area contributed by atoms with Crippen LogP contribution in [-0.4, -0.2) is 33.5 Å². The van der Waals surface area contributed by atoms with Gasteiger partial charge in [-0.2, -0.15) is 0 Å². The van der Waals surface area contributed by atoms with Crippen molar-refractivity contribution < 1.29 is 14.2 Å². The minimum absolute atomic E-state index is 0.0484. The van der Waals surface area contributed by atoms with E-state index in [1.807, 2.05) is 12.1 Å². The van der Waals surface area contributed by atoms with Crippen molar-refractivity contribution in [3.63, 3.8) is 0 Å². The lowest BCUT2D eigenvalue weighted by molar-refractivity contribution is 0.0106. The molecule has 2 rings (SSSR count). The molecule has 0 saturated carbocycles. The summed E-state index contributed by atoms with van der Waals surface area (Å²) in [6.07, 6.45) is 0.914. The zero-order chi connectivity index (χ0) is 12.3. The summed E-state index contributed by atoms with van der Waals surface area (Å²) in [4.78, 5) is 0. The predicted molar refractivity (Wildman–Crippen MR) is 65.2 cm³/mol. The fraction of sp³-hybridized carbons (Fsp3) is 0.538. The molecular formula is C13H19NO3. The number of ether oxygens (including phenoxy) is 3. The van der Waals surface area contributed by atoms with Crippen LogP contribution in [0, 0.1) is 0 Å². The van der Waals surface area contributed by atoms with Crippen LogP contribution < -0.4 is 10.5 Å². The third-order valence-corrected chi connectivity index (χ3v) is 3.15. The van der Waals surface area contributed by atoms with Crippen LogP contribution in [-0.2, 0) is 15.9 Å². The maximum atomic E-state index is 6.18. The fourth-order valence-corrected chi connectivity index (χ4v) is 2.19. The Labute approximate surface area is 102 Å². The molecule has 0 bridgehead atoms. The quantitative estimate of drug-likeness (QED) is 0.784. The van der Waals surface area contributed by atoms with Crippen molar-refractivity contribution in [1.29, 1.82) is 0 Å². The Morgan fingerprint density at radius 3 is 2.82 bits per heavy atom. The summed E-state index contributed by atoms with van der Waals surface area (Å²) in [7, 11) is 3.33. The van der Waals surface area contributed by atoms with E-state index in [2.05, 4.69) is 6.07 Å². The van der Waals surface area contributed by atoms with Crippen LogP contribution in [0.1, 0.15) is 17.2 Å². The van der Waals surface area contributed by atoms with E-state index >= 15 is 0 Å². The van der Waals surface area contributed by atoms with Crippen molar-refractivity contribution >= 4 is 0 Å². The first-order valence-electron chi connectivity index (χ1n) is 5.79.